The first-order valence-electron chi connectivity index (χ1n) is 6.30. The normalized spacial score (nSPS) is 22.0. The van der Waals surface area contributed by atoms with Gasteiger partial charge in [-0.05, 0) is 11.6 Å². The lowest BCUT2D eigenvalue weighted by Gasteiger charge is -2.28. The predicted molar refractivity (Wildman–Crippen MR) is 87.1 cm³/mol. The van der Waals surface area contributed by atoms with Crippen LogP contribution in [0.2, 0.25) is 5.02 Å². The van der Waals surface area contributed by atoms with Gasteiger partial charge in [0.25, 0.3) is 10.0 Å². The molecule has 0 fully saturated rings. The molecular formula is C11H16ClN5O4S2. The van der Waals surface area contributed by atoms with E-state index in [0.717, 1.165) is 10.6 Å². The molecule has 0 radical (unpaired) electrons. The van der Waals surface area contributed by atoms with Gasteiger partial charge in [-0.25, -0.2) is 18.5 Å². The van der Waals surface area contributed by atoms with E-state index in [-0.39, 0.29) is 6.42 Å². The molecule has 0 aliphatic carbocycles. The Bertz CT molecular complexity index is 840. The Balaban J connectivity index is 2.43. The lowest BCUT2D eigenvalue weighted by Crippen LogP contribution is -2.58. The van der Waals surface area contributed by atoms with E-state index >= 15 is 0 Å². The SMILES string of the molecule is CN(C)S(=O)(=O)N1C=NC(Cc2ccccc2Cl)(S(N)(=O)=O)N1. The van der Waals surface area contributed by atoms with E-state index in [1.54, 1.807) is 24.3 Å². The van der Waals surface area contributed by atoms with E-state index in [0.29, 0.717) is 15.0 Å². The number of nitrogens with two attached hydrogens (primary N) is 1. The van der Waals surface area contributed by atoms with Crippen molar-refractivity contribution in [3.8, 4) is 0 Å². The molecule has 1 heterocycles. The zero-order chi connectivity index (χ0) is 17.5. The molecule has 2 rings (SSSR count). The van der Waals surface area contributed by atoms with Crippen LogP contribution in [0.4, 0.5) is 0 Å². The zero-order valence-corrected chi connectivity index (χ0v) is 14.7. The van der Waals surface area contributed by atoms with Crippen LogP contribution in [0, 0.1) is 0 Å². The summed E-state index contributed by atoms with van der Waals surface area (Å²) < 4.78 is 49.8. The van der Waals surface area contributed by atoms with Gasteiger partial charge < -0.3 is 0 Å². The van der Waals surface area contributed by atoms with Crippen LogP contribution in [0.1, 0.15) is 5.56 Å². The highest BCUT2D eigenvalue weighted by Gasteiger charge is 2.49. The monoisotopic (exact) mass is 381 g/mol. The van der Waals surface area contributed by atoms with Crippen LogP contribution in [-0.2, 0) is 26.7 Å². The number of aliphatic imine (C=N–C) groups is 1. The highest BCUT2D eigenvalue weighted by Crippen LogP contribution is 2.28. The third-order valence-corrected chi connectivity index (χ3v) is 6.48. The van der Waals surface area contributed by atoms with E-state index in [4.69, 9.17) is 16.7 Å². The Morgan fingerprint density at radius 2 is 1.91 bits per heavy atom. The van der Waals surface area contributed by atoms with Gasteiger partial charge in [-0.15, -0.1) is 0 Å². The third kappa shape index (κ3) is 3.34. The lowest BCUT2D eigenvalue weighted by molar-refractivity contribution is 0.344. The maximum absolute atomic E-state index is 12.1. The van der Waals surface area contributed by atoms with Crippen molar-refractivity contribution in [3.63, 3.8) is 0 Å². The van der Waals surface area contributed by atoms with Crippen molar-refractivity contribution in [1.82, 2.24) is 14.1 Å². The van der Waals surface area contributed by atoms with Crippen molar-refractivity contribution in [2.75, 3.05) is 14.1 Å². The number of benzene rings is 1. The summed E-state index contributed by atoms with van der Waals surface area (Å²) in [5.74, 6) is 0. The second-order valence-corrected chi connectivity index (χ2v) is 9.23. The molecule has 1 aromatic rings. The minimum Gasteiger partial charge on any atom is -0.232 e. The summed E-state index contributed by atoms with van der Waals surface area (Å²) in [6.45, 7) is 0. The molecule has 128 valence electrons. The third-order valence-electron chi connectivity index (χ3n) is 3.22. The largest absolute Gasteiger partial charge is 0.318 e. The summed E-state index contributed by atoms with van der Waals surface area (Å²) in [4.78, 5) is 1.76. The fourth-order valence-corrected chi connectivity index (χ4v) is 3.71. The molecule has 0 spiro atoms. The smallest absolute Gasteiger partial charge is 0.232 e. The van der Waals surface area contributed by atoms with Crippen molar-refractivity contribution in [3.05, 3.63) is 34.9 Å². The molecule has 0 aromatic heterocycles. The molecule has 0 bridgehead atoms. The van der Waals surface area contributed by atoms with Gasteiger partial charge in [0.05, 0.1) is 0 Å². The van der Waals surface area contributed by atoms with Crippen LogP contribution in [0.15, 0.2) is 29.3 Å². The first kappa shape index (κ1) is 18.1. The Kier molecular flexibility index (Phi) is 4.72. The fraction of sp³-hybridized carbons (Fsp3) is 0.364. The van der Waals surface area contributed by atoms with Crippen molar-refractivity contribution in [2.45, 2.75) is 11.4 Å². The van der Waals surface area contributed by atoms with Gasteiger partial charge in [-0.2, -0.15) is 22.6 Å². The second kappa shape index (κ2) is 6.00. The Morgan fingerprint density at radius 3 is 2.43 bits per heavy atom. The Labute approximate surface area is 139 Å². The number of hydrazine groups is 1. The number of hydrogen-bond acceptors (Lipinski definition) is 6. The summed E-state index contributed by atoms with van der Waals surface area (Å²) in [6, 6.07) is 6.55. The molecule has 23 heavy (non-hydrogen) atoms. The first-order valence-corrected chi connectivity index (χ1v) is 9.62. The molecule has 12 heteroatoms. The molecule has 1 aromatic carbocycles. The van der Waals surface area contributed by atoms with Crippen molar-refractivity contribution >= 4 is 38.2 Å². The number of rotatable bonds is 5. The van der Waals surface area contributed by atoms with Crippen LogP contribution in [0.25, 0.3) is 0 Å². The van der Waals surface area contributed by atoms with E-state index in [1.807, 2.05) is 0 Å². The van der Waals surface area contributed by atoms with E-state index < -0.39 is 25.2 Å². The number of primary sulfonamides is 1. The molecular weight excluding hydrogens is 366 g/mol. The van der Waals surface area contributed by atoms with E-state index in [2.05, 4.69) is 10.4 Å². The molecule has 0 amide bonds. The van der Waals surface area contributed by atoms with Crippen LogP contribution < -0.4 is 10.6 Å². The molecule has 0 saturated carbocycles. The van der Waals surface area contributed by atoms with Gasteiger partial charge in [0.1, 0.15) is 6.34 Å². The zero-order valence-electron chi connectivity index (χ0n) is 12.3. The maximum atomic E-state index is 12.1. The summed E-state index contributed by atoms with van der Waals surface area (Å²) in [5.41, 5.74) is 2.81. The summed E-state index contributed by atoms with van der Waals surface area (Å²) in [7, 11) is -5.64. The Hall–Kier alpha value is -1.24. The number of nitrogens with zero attached hydrogens (tertiary/aromatic N) is 3. The summed E-state index contributed by atoms with van der Waals surface area (Å²) in [6.07, 6.45) is 0.637. The molecule has 1 atom stereocenters. The van der Waals surface area contributed by atoms with Crippen LogP contribution >= 0.6 is 11.6 Å². The topological polar surface area (TPSA) is 125 Å². The van der Waals surface area contributed by atoms with Crippen LogP contribution in [-0.4, -0.2) is 51.0 Å². The van der Waals surface area contributed by atoms with E-state index in [1.165, 1.54) is 14.1 Å². The number of nitrogens with one attached hydrogen (secondary N) is 1. The standard InChI is InChI=1S/C11H16ClN5O4S2/c1-16(2)23(20,21)17-8-14-11(15-17,22(13,18)19)7-9-5-3-4-6-10(9)12/h3-6,8,15H,7H2,1-2H3,(H2,13,18,19). The highest BCUT2D eigenvalue weighted by molar-refractivity contribution is 7.90. The molecule has 3 N–H and O–H groups in total. The maximum Gasteiger partial charge on any atom is 0.318 e. The number of halogens is 1. The summed E-state index contributed by atoms with van der Waals surface area (Å²) >= 11 is 6.04. The van der Waals surface area contributed by atoms with Crippen molar-refractivity contribution in [2.24, 2.45) is 10.1 Å². The van der Waals surface area contributed by atoms with E-state index in [9.17, 15) is 16.8 Å². The first-order chi connectivity index (χ1) is 10.5. The van der Waals surface area contributed by atoms with Gasteiger partial charge in [0.15, 0.2) is 0 Å². The summed E-state index contributed by atoms with van der Waals surface area (Å²) in [5, 5.41) is 5.59. The number of hydrogen-bond donors (Lipinski definition) is 2. The molecule has 1 aliphatic heterocycles. The van der Waals surface area contributed by atoms with Gasteiger partial charge in [0.2, 0.25) is 4.99 Å². The molecule has 1 aliphatic rings. The van der Waals surface area contributed by atoms with Gasteiger partial charge in [-0.1, -0.05) is 29.8 Å². The quantitative estimate of drug-likeness (QED) is 0.709. The van der Waals surface area contributed by atoms with Gasteiger partial charge >= 0.3 is 10.2 Å². The van der Waals surface area contributed by atoms with Gasteiger partial charge in [0, 0.05) is 25.5 Å². The second-order valence-electron chi connectivity index (χ2n) is 5.04. The average molecular weight is 382 g/mol. The van der Waals surface area contributed by atoms with Gasteiger partial charge in [-0.3, -0.25) is 0 Å². The Morgan fingerprint density at radius 1 is 1.30 bits per heavy atom. The average Bonchev–Trinajstić information content (AvgIpc) is 2.87. The molecule has 0 saturated heterocycles. The minimum atomic E-state index is -4.29. The van der Waals surface area contributed by atoms with Crippen LogP contribution in [0.5, 0.6) is 0 Å². The fourth-order valence-electron chi connectivity index (χ4n) is 1.89. The lowest BCUT2D eigenvalue weighted by atomic mass is 10.1. The number of sulfonamides is 1. The minimum absolute atomic E-state index is 0.235. The van der Waals surface area contributed by atoms with Crippen LogP contribution in [0.3, 0.4) is 0 Å². The highest BCUT2D eigenvalue weighted by atomic mass is 35.5. The predicted octanol–water partition coefficient (Wildman–Crippen LogP) is -0.520. The molecule has 1 unspecified atom stereocenters. The van der Waals surface area contributed by atoms with Crippen molar-refractivity contribution < 1.29 is 16.8 Å². The molecule has 9 nitrogen and oxygen atoms in total. The van der Waals surface area contributed by atoms with Crippen molar-refractivity contribution in [1.29, 1.82) is 0 Å².